The molecule has 26 heavy (non-hydrogen) atoms. The Bertz CT molecular complexity index is 729. The smallest absolute Gasteiger partial charge is 0.272 e. The van der Waals surface area contributed by atoms with Crippen LogP contribution >= 0.6 is 22.7 Å². The van der Waals surface area contributed by atoms with Gasteiger partial charge in [-0.25, -0.2) is 9.97 Å². The lowest BCUT2D eigenvalue weighted by atomic mass is 10.1. The summed E-state index contributed by atoms with van der Waals surface area (Å²) < 4.78 is 0. The first-order valence-electron chi connectivity index (χ1n) is 8.55. The molecule has 0 aromatic carbocycles. The van der Waals surface area contributed by atoms with Crippen molar-refractivity contribution < 1.29 is 11.0 Å². The van der Waals surface area contributed by atoms with Gasteiger partial charge in [-0.1, -0.05) is 27.7 Å². The fourth-order valence-corrected chi connectivity index (χ4v) is 3.55. The molecule has 0 saturated carbocycles. The number of aromatic nitrogens is 2. The molecule has 0 fully saturated rings. The third-order valence-corrected chi connectivity index (χ3v) is 5.88. The van der Waals surface area contributed by atoms with E-state index < -0.39 is 0 Å². The highest BCUT2D eigenvalue weighted by atomic mass is 32.1. The first-order valence-corrected chi connectivity index (χ1v) is 10.3. The molecule has 2 amide bonds. The second-order valence-electron chi connectivity index (χ2n) is 6.38. The molecular formula is C18H30N4O2S2. The second kappa shape index (κ2) is 10.4. The van der Waals surface area contributed by atoms with E-state index in [1.54, 1.807) is 42.8 Å². The van der Waals surface area contributed by atoms with Crippen LogP contribution in [0.15, 0.2) is 10.8 Å². The van der Waals surface area contributed by atoms with Crippen molar-refractivity contribution >= 4 is 34.5 Å². The van der Waals surface area contributed by atoms with Crippen LogP contribution in [0.4, 0.5) is 0 Å². The van der Waals surface area contributed by atoms with Crippen molar-refractivity contribution in [1.29, 1.82) is 0 Å². The monoisotopic (exact) mass is 398 g/mol. The van der Waals surface area contributed by atoms with Crippen LogP contribution in [-0.4, -0.2) is 47.8 Å². The van der Waals surface area contributed by atoms with Crippen molar-refractivity contribution in [2.75, 3.05) is 21.1 Å². The Morgan fingerprint density at radius 1 is 1.12 bits per heavy atom. The van der Waals surface area contributed by atoms with Gasteiger partial charge in [0.25, 0.3) is 11.8 Å². The molecule has 0 aliphatic rings. The van der Waals surface area contributed by atoms with Gasteiger partial charge in [-0.15, -0.1) is 22.7 Å². The molecule has 0 aliphatic carbocycles. The van der Waals surface area contributed by atoms with E-state index in [0.29, 0.717) is 23.2 Å². The Kier molecular flexibility index (Phi) is 8.87. The summed E-state index contributed by atoms with van der Waals surface area (Å²) in [5.74, 6) is 0.714. The largest absolute Gasteiger partial charge is 0.354 e. The number of hydrogen-bond donors (Lipinski definition) is 1. The molecule has 0 saturated heterocycles. The minimum absolute atomic E-state index is 0. The number of nitrogens with one attached hydrogen (secondary N) is 1. The van der Waals surface area contributed by atoms with E-state index >= 15 is 0 Å². The van der Waals surface area contributed by atoms with Gasteiger partial charge < -0.3 is 10.2 Å². The lowest BCUT2D eigenvalue weighted by Gasteiger charge is -2.07. The van der Waals surface area contributed by atoms with Gasteiger partial charge in [0.2, 0.25) is 0 Å². The summed E-state index contributed by atoms with van der Waals surface area (Å²) in [6.45, 7) is 8.38. The maximum Gasteiger partial charge on any atom is 0.272 e. The van der Waals surface area contributed by atoms with E-state index in [2.05, 4.69) is 43.0 Å². The normalized spacial score (nSPS) is 11.5. The zero-order chi connectivity index (χ0) is 19.9. The standard InChI is InChI=1S/C10H16N2OS.C8H12N2OS.H2/c1-5-7(2)9-11-8(6-14-9)10(13)12(3)4;1-5(2)8-10-6(4-12-8)7(11)9-3;/h6-7H,5H2,1-4H3;4-5H,1-3H3,(H,9,11);1H. The number of carbonyl (C=O) groups excluding carboxylic acids is 2. The summed E-state index contributed by atoms with van der Waals surface area (Å²) >= 11 is 3.10. The molecule has 1 unspecified atom stereocenters. The van der Waals surface area contributed by atoms with Crippen LogP contribution in [0, 0.1) is 0 Å². The number of hydrogen-bond acceptors (Lipinski definition) is 6. The minimum Gasteiger partial charge on any atom is -0.354 e. The van der Waals surface area contributed by atoms with E-state index in [-0.39, 0.29) is 13.2 Å². The Morgan fingerprint density at radius 2 is 1.65 bits per heavy atom. The first kappa shape index (κ1) is 22.2. The molecule has 2 aromatic rings. The predicted molar refractivity (Wildman–Crippen MR) is 111 cm³/mol. The number of amides is 2. The van der Waals surface area contributed by atoms with Crippen LogP contribution in [0.5, 0.6) is 0 Å². The molecule has 0 radical (unpaired) electrons. The van der Waals surface area contributed by atoms with Crippen LogP contribution < -0.4 is 5.32 Å². The third kappa shape index (κ3) is 6.17. The van der Waals surface area contributed by atoms with Crippen LogP contribution in [0.3, 0.4) is 0 Å². The summed E-state index contributed by atoms with van der Waals surface area (Å²) in [6.07, 6.45) is 1.06. The van der Waals surface area contributed by atoms with Crippen molar-refractivity contribution in [3.63, 3.8) is 0 Å². The van der Waals surface area contributed by atoms with Gasteiger partial charge in [-0.05, 0) is 6.42 Å². The minimum atomic E-state index is -0.113. The van der Waals surface area contributed by atoms with Crippen LogP contribution in [0.25, 0.3) is 0 Å². The second-order valence-corrected chi connectivity index (χ2v) is 8.16. The van der Waals surface area contributed by atoms with Gasteiger partial charge in [-0.2, -0.15) is 0 Å². The molecule has 2 aromatic heterocycles. The molecule has 2 heterocycles. The zero-order valence-electron chi connectivity index (χ0n) is 16.5. The fraction of sp³-hybridized carbons (Fsp3) is 0.556. The van der Waals surface area contributed by atoms with Crippen molar-refractivity contribution in [2.45, 2.75) is 46.0 Å². The topological polar surface area (TPSA) is 75.2 Å². The van der Waals surface area contributed by atoms with Crippen molar-refractivity contribution in [3.05, 3.63) is 32.2 Å². The van der Waals surface area contributed by atoms with E-state index in [0.717, 1.165) is 16.4 Å². The van der Waals surface area contributed by atoms with Crippen LogP contribution in [0.2, 0.25) is 0 Å². The van der Waals surface area contributed by atoms with Crippen LogP contribution in [-0.2, 0) is 0 Å². The van der Waals surface area contributed by atoms with Gasteiger partial charge in [0.05, 0.1) is 10.0 Å². The average molecular weight is 399 g/mol. The highest BCUT2D eigenvalue weighted by molar-refractivity contribution is 7.10. The zero-order valence-corrected chi connectivity index (χ0v) is 18.1. The Balaban J connectivity index is 0.000000488. The first-order chi connectivity index (χ1) is 12.2. The van der Waals surface area contributed by atoms with E-state index in [4.69, 9.17) is 0 Å². The SMILES string of the molecule is CCC(C)c1nc(C(=O)N(C)C)cs1.CNC(=O)c1csc(C(C)C)n1.[HH]. The number of thiazole rings is 2. The molecule has 0 spiro atoms. The Hall–Kier alpha value is -1.80. The fourth-order valence-electron chi connectivity index (χ4n) is 1.80. The summed E-state index contributed by atoms with van der Waals surface area (Å²) in [6, 6.07) is 0. The molecule has 0 bridgehead atoms. The molecule has 1 N–H and O–H groups in total. The van der Waals surface area contributed by atoms with E-state index in [1.807, 2.05) is 5.38 Å². The maximum atomic E-state index is 11.5. The lowest BCUT2D eigenvalue weighted by Crippen LogP contribution is -2.22. The molecule has 146 valence electrons. The Morgan fingerprint density at radius 3 is 2.12 bits per heavy atom. The van der Waals surface area contributed by atoms with Gasteiger partial charge in [0.15, 0.2) is 0 Å². The maximum absolute atomic E-state index is 11.5. The molecule has 1 atom stereocenters. The molecule has 6 nitrogen and oxygen atoms in total. The van der Waals surface area contributed by atoms with Gasteiger partial charge >= 0.3 is 0 Å². The van der Waals surface area contributed by atoms with Gasteiger partial charge in [-0.3, -0.25) is 9.59 Å². The quantitative estimate of drug-likeness (QED) is 0.818. The highest BCUT2D eigenvalue weighted by Gasteiger charge is 2.14. The summed E-state index contributed by atoms with van der Waals surface area (Å²) in [5.41, 5.74) is 1.08. The predicted octanol–water partition coefficient (Wildman–Crippen LogP) is 4.23. The van der Waals surface area contributed by atoms with E-state index in [9.17, 15) is 9.59 Å². The lowest BCUT2D eigenvalue weighted by molar-refractivity contribution is 0.0822. The summed E-state index contributed by atoms with van der Waals surface area (Å²) in [4.78, 5) is 32.7. The molecular weight excluding hydrogens is 368 g/mol. The number of rotatable bonds is 5. The summed E-state index contributed by atoms with van der Waals surface area (Å²) in [7, 11) is 5.09. The van der Waals surface area contributed by atoms with Crippen LogP contribution in [0.1, 0.15) is 78.4 Å². The van der Waals surface area contributed by atoms with Crippen molar-refractivity contribution in [2.24, 2.45) is 0 Å². The number of carbonyl (C=O) groups is 2. The summed E-state index contributed by atoms with van der Waals surface area (Å²) in [5, 5.41) is 8.22. The Labute approximate surface area is 165 Å². The number of nitrogens with zero attached hydrogens (tertiary/aromatic N) is 3. The van der Waals surface area contributed by atoms with Gasteiger partial charge in [0.1, 0.15) is 11.4 Å². The van der Waals surface area contributed by atoms with Gasteiger partial charge in [0, 0.05) is 45.2 Å². The van der Waals surface area contributed by atoms with E-state index in [1.165, 1.54) is 11.3 Å². The molecule has 0 aliphatic heterocycles. The van der Waals surface area contributed by atoms with Crippen molar-refractivity contribution in [3.8, 4) is 0 Å². The van der Waals surface area contributed by atoms with Crippen molar-refractivity contribution in [1.82, 2.24) is 20.2 Å². The third-order valence-electron chi connectivity index (χ3n) is 3.66. The molecule has 8 heteroatoms. The average Bonchev–Trinajstić information content (AvgIpc) is 3.29. The molecule has 2 rings (SSSR count). The highest BCUT2D eigenvalue weighted by Crippen LogP contribution is 2.22.